The maximum atomic E-state index is 9.37. The first-order chi connectivity index (χ1) is 9.11. The van der Waals surface area contributed by atoms with Crippen LogP contribution < -0.4 is 9.47 Å². The van der Waals surface area contributed by atoms with Gasteiger partial charge in [0.05, 0.1) is 24.3 Å². The predicted molar refractivity (Wildman–Crippen MR) is 79.6 cm³/mol. The molecule has 0 amide bonds. The van der Waals surface area contributed by atoms with Gasteiger partial charge < -0.3 is 14.6 Å². The number of halogens is 1. The maximum Gasteiger partial charge on any atom is 0.175 e. The van der Waals surface area contributed by atoms with E-state index in [0.29, 0.717) is 19.1 Å². The van der Waals surface area contributed by atoms with Gasteiger partial charge in [-0.25, -0.2) is 0 Å². The van der Waals surface area contributed by atoms with Gasteiger partial charge in [-0.2, -0.15) is 0 Å². The van der Waals surface area contributed by atoms with Crippen LogP contribution in [-0.2, 0) is 0 Å². The summed E-state index contributed by atoms with van der Waals surface area (Å²) in [4.78, 5) is 0. The lowest BCUT2D eigenvalue weighted by molar-refractivity contribution is 0.296. The molecule has 0 bridgehead atoms. The topological polar surface area (TPSA) is 38.7 Å². The van der Waals surface area contributed by atoms with E-state index < -0.39 is 0 Å². The molecule has 0 saturated heterocycles. The molecule has 1 N–H and O–H groups in total. The molecule has 0 radical (unpaired) electrons. The first-order valence-corrected chi connectivity index (χ1v) is 7.31. The summed E-state index contributed by atoms with van der Waals surface area (Å²) in [5.74, 6) is 1.85. The minimum absolute atomic E-state index is 0.0731. The fourth-order valence-electron chi connectivity index (χ4n) is 1.94. The zero-order valence-electron chi connectivity index (χ0n) is 11.3. The quantitative estimate of drug-likeness (QED) is 0.921. The lowest BCUT2D eigenvalue weighted by Gasteiger charge is -2.12. The minimum Gasteiger partial charge on any atom is -0.489 e. The summed E-state index contributed by atoms with van der Waals surface area (Å²) in [6.45, 7) is 5.56. The fourth-order valence-corrected chi connectivity index (χ4v) is 2.52. The molecule has 0 unspecified atom stereocenters. The van der Waals surface area contributed by atoms with Crippen molar-refractivity contribution < 1.29 is 14.6 Å². The van der Waals surface area contributed by atoms with Crippen molar-refractivity contribution in [3.63, 3.8) is 0 Å². The molecule has 19 heavy (non-hydrogen) atoms. The van der Waals surface area contributed by atoms with E-state index in [2.05, 4.69) is 29.8 Å². The van der Waals surface area contributed by atoms with Gasteiger partial charge in [-0.1, -0.05) is 19.9 Å². The predicted octanol–water partition coefficient (Wildman–Crippen LogP) is 3.64. The van der Waals surface area contributed by atoms with Crippen molar-refractivity contribution >= 4 is 22.0 Å². The number of hydrogen-bond acceptors (Lipinski definition) is 3. The standard InChI is InChI=1S/C15H19BrO3/c1-10(2)12(9-17)6-11-7-13(16)15-14(8-11)18-4-3-5-19-15/h6-8,10,17H,3-5,9H2,1-2H3. The van der Waals surface area contributed by atoms with E-state index in [1.807, 2.05) is 18.2 Å². The number of rotatable bonds is 3. The third-order valence-corrected chi connectivity index (χ3v) is 3.69. The van der Waals surface area contributed by atoms with Gasteiger partial charge in [0.2, 0.25) is 0 Å². The van der Waals surface area contributed by atoms with Crippen LogP contribution in [-0.4, -0.2) is 24.9 Å². The second kappa shape index (κ2) is 6.44. The van der Waals surface area contributed by atoms with Crippen molar-refractivity contribution in [2.24, 2.45) is 5.92 Å². The smallest absolute Gasteiger partial charge is 0.175 e. The highest BCUT2D eigenvalue weighted by molar-refractivity contribution is 9.10. The van der Waals surface area contributed by atoms with Gasteiger partial charge in [-0.05, 0) is 45.1 Å². The molecule has 0 atom stereocenters. The van der Waals surface area contributed by atoms with Crippen LogP contribution in [0.4, 0.5) is 0 Å². The van der Waals surface area contributed by atoms with Crippen LogP contribution in [0.25, 0.3) is 6.08 Å². The van der Waals surface area contributed by atoms with Crippen molar-refractivity contribution in [1.29, 1.82) is 0 Å². The number of aliphatic hydroxyl groups is 1. The Morgan fingerprint density at radius 3 is 2.79 bits per heavy atom. The molecule has 3 nitrogen and oxygen atoms in total. The van der Waals surface area contributed by atoms with Crippen LogP contribution in [0.3, 0.4) is 0 Å². The third-order valence-electron chi connectivity index (χ3n) is 3.10. The van der Waals surface area contributed by atoms with Crippen molar-refractivity contribution in [1.82, 2.24) is 0 Å². The van der Waals surface area contributed by atoms with Crippen molar-refractivity contribution in [2.45, 2.75) is 20.3 Å². The van der Waals surface area contributed by atoms with E-state index >= 15 is 0 Å². The van der Waals surface area contributed by atoms with Gasteiger partial charge in [0, 0.05) is 6.42 Å². The molecule has 4 heteroatoms. The molecule has 1 aliphatic rings. The summed E-state index contributed by atoms with van der Waals surface area (Å²) in [5, 5.41) is 9.37. The Hall–Kier alpha value is -1.00. The van der Waals surface area contributed by atoms with Crippen LogP contribution in [0.1, 0.15) is 25.8 Å². The summed E-state index contributed by atoms with van der Waals surface area (Å²) < 4.78 is 12.3. The fraction of sp³-hybridized carbons (Fsp3) is 0.467. The largest absolute Gasteiger partial charge is 0.489 e. The van der Waals surface area contributed by atoms with Gasteiger partial charge in [0.25, 0.3) is 0 Å². The van der Waals surface area contributed by atoms with Crippen molar-refractivity contribution in [2.75, 3.05) is 19.8 Å². The van der Waals surface area contributed by atoms with Crippen LogP contribution in [0.15, 0.2) is 22.2 Å². The van der Waals surface area contributed by atoms with Crippen LogP contribution >= 0.6 is 15.9 Å². The Kier molecular flexibility index (Phi) is 4.88. The van der Waals surface area contributed by atoms with Crippen LogP contribution in [0.2, 0.25) is 0 Å². The summed E-state index contributed by atoms with van der Waals surface area (Å²) in [6, 6.07) is 3.95. The molecular formula is C15H19BrO3. The zero-order chi connectivity index (χ0) is 13.8. The van der Waals surface area contributed by atoms with E-state index in [1.54, 1.807) is 0 Å². The molecular weight excluding hydrogens is 308 g/mol. The molecule has 0 saturated carbocycles. The van der Waals surface area contributed by atoms with E-state index in [1.165, 1.54) is 0 Å². The van der Waals surface area contributed by atoms with E-state index in [9.17, 15) is 5.11 Å². The van der Waals surface area contributed by atoms with Gasteiger partial charge in [0.1, 0.15) is 0 Å². The molecule has 0 fully saturated rings. The number of hydrogen-bond donors (Lipinski definition) is 1. The van der Waals surface area contributed by atoms with Gasteiger partial charge in [-0.3, -0.25) is 0 Å². The molecule has 2 rings (SSSR count). The van der Waals surface area contributed by atoms with Gasteiger partial charge in [0.15, 0.2) is 11.5 Å². The first kappa shape index (κ1) is 14.4. The van der Waals surface area contributed by atoms with Crippen molar-refractivity contribution in [3.8, 4) is 11.5 Å². The normalized spacial score (nSPS) is 15.5. The Balaban J connectivity index is 2.38. The molecule has 1 aromatic rings. The summed E-state index contributed by atoms with van der Waals surface area (Å²) >= 11 is 3.52. The van der Waals surface area contributed by atoms with E-state index in [4.69, 9.17) is 9.47 Å². The SMILES string of the molecule is CC(C)C(=Cc1cc(Br)c2c(c1)OCCCO2)CO. The first-order valence-electron chi connectivity index (χ1n) is 6.52. The van der Waals surface area contributed by atoms with E-state index in [0.717, 1.165) is 33.5 Å². The molecule has 0 spiro atoms. The average Bonchev–Trinajstić information content (AvgIpc) is 2.61. The second-order valence-electron chi connectivity index (χ2n) is 4.91. The van der Waals surface area contributed by atoms with Crippen molar-refractivity contribution in [3.05, 3.63) is 27.7 Å². The number of fused-ring (bicyclic) bond motifs is 1. The second-order valence-corrected chi connectivity index (χ2v) is 5.77. The molecule has 0 aromatic heterocycles. The lowest BCUT2D eigenvalue weighted by atomic mass is 10.0. The van der Waals surface area contributed by atoms with Crippen LogP contribution in [0.5, 0.6) is 11.5 Å². The third kappa shape index (κ3) is 3.51. The maximum absolute atomic E-state index is 9.37. The number of benzene rings is 1. The summed E-state index contributed by atoms with van der Waals surface area (Å²) in [5.41, 5.74) is 2.01. The monoisotopic (exact) mass is 326 g/mol. The molecule has 0 aliphatic carbocycles. The highest BCUT2D eigenvalue weighted by Gasteiger charge is 2.15. The number of ether oxygens (including phenoxy) is 2. The Labute approximate surface area is 122 Å². The average molecular weight is 327 g/mol. The lowest BCUT2D eigenvalue weighted by Crippen LogP contribution is -1.99. The van der Waals surface area contributed by atoms with E-state index in [-0.39, 0.29) is 6.61 Å². The zero-order valence-corrected chi connectivity index (χ0v) is 12.9. The highest BCUT2D eigenvalue weighted by Crippen LogP contribution is 2.38. The summed E-state index contributed by atoms with van der Waals surface area (Å²) in [6.07, 6.45) is 2.89. The molecule has 1 aliphatic heterocycles. The van der Waals surface area contributed by atoms with Crippen LogP contribution in [0, 0.1) is 5.92 Å². The Morgan fingerprint density at radius 1 is 1.37 bits per heavy atom. The number of aliphatic hydroxyl groups excluding tert-OH is 1. The molecule has 1 heterocycles. The molecule has 104 valence electrons. The van der Waals surface area contributed by atoms with Gasteiger partial charge in [-0.15, -0.1) is 0 Å². The Bertz CT molecular complexity index is 481. The minimum atomic E-state index is 0.0731. The summed E-state index contributed by atoms with van der Waals surface area (Å²) in [7, 11) is 0. The highest BCUT2D eigenvalue weighted by atomic mass is 79.9. The van der Waals surface area contributed by atoms with Gasteiger partial charge >= 0.3 is 0 Å². The molecule has 1 aromatic carbocycles. The Morgan fingerprint density at radius 2 is 2.11 bits per heavy atom.